The van der Waals surface area contributed by atoms with Crippen LogP contribution in [0.5, 0.6) is 0 Å². The maximum absolute atomic E-state index is 13.2. The number of carbonyl (C=O) groups excluding carboxylic acids is 3. The van der Waals surface area contributed by atoms with Crippen LogP contribution in [0.25, 0.3) is 0 Å². The highest BCUT2D eigenvalue weighted by atomic mass is 35.5. The highest BCUT2D eigenvalue weighted by Crippen LogP contribution is 2.34. The van der Waals surface area contributed by atoms with Gasteiger partial charge in [0.05, 0.1) is 25.1 Å². The van der Waals surface area contributed by atoms with Gasteiger partial charge in [0.2, 0.25) is 11.8 Å². The summed E-state index contributed by atoms with van der Waals surface area (Å²) in [7, 11) is 3.50. The lowest BCUT2D eigenvalue weighted by molar-refractivity contribution is -0.134. The first-order valence-electron chi connectivity index (χ1n) is 12.8. The molecule has 10 nitrogen and oxygen atoms in total. The second-order valence-corrected chi connectivity index (χ2v) is 10.5. The first-order chi connectivity index (χ1) is 17.6. The molecule has 1 aliphatic carbocycles. The second-order valence-electron chi connectivity index (χ2n) is 10.5. The summed E-state index contributed by atoms with van der Waals surface area (Å²) in [5, 5.41) is 5.44. The molecule has 0 bridgehead atoms. The summed E-state index contributed by atoms with van der Waals surface area (Å²) in [6.45, 7) is 3.37. The number of anilines is 1. The van der Waals surface area contributed by atoms with Gasteiger partial charge in [0, 0.05) is 20.3 Å². The molecule has 1 saturated carbocycles. The minimum atomic E-state index is -1.17. The minimum absolute atomic E-state index is 0. The highest BCUT2D eigenvalue weighted by Gasteiger charge is 2.33. The molecule has 3 amide bonds. The summed E-state index contributed by atoms with van der Waals surface area (Å²) in [5.41, 5.74) is 5.71. The van der Waals surface area contributed by atoms with Crippen molar-refractivity contribution < 1.29 is 19.1 Å². The molecule has 0 radical (unpaired) electrons. The smallest absolute Gasteiger partial charge is 0.250 e. The monoisotopic (exact) mass is 584 g/mol. The van der Waals surface area contributed by atoms with E-state index < -0.39 is 23.4 Å². The van der Waals surface area contributed by atoms with Gasteiger partial charge in [-0.05, 0) is 38.2 Å². The zero-order valence-electron chi connectivity index (χ0n) is 23.1. The summed E-state index contributed by atoms with van der Waals surface area (Å²) < 4.78 is 7.53. The Labute approximate surface area is 243 Å². The summed E-state index contributed by atoms with van der Waals surface area (Å²) in [6, 6.07) is 8.19. The number of rotatable bonds is 11. The number of aromatic nitrogens is 2. The number of nitrogens with one attached hydrogen (secondary N) is 2. The van der Waals surface area contributed by atoms with E-state index in [1.54, 1.807) is 49.9 Å². The quantitative estimate of drug-likeness (QED) is 0.371. The van der Waals surface area contributed by atoms with Gasteiger partial charge in [-0.25, -0.2) is 4.98 Å². The number of nitrogens with zero attached hydrogens (tertiary/aromatic N) is 3. The van der Waals surface area contributed by atoms with Gasteiger partial charge in [0.15, 0.2) is 5.82 Å². The van der Waals surface area contributed by atoms with Crippen molar-refractivity contribution in [3.05, 3.63) is 48.4 Å². The van der Waals surface area contributed by atoms with Crippen molar-refractivity contribution >= 4 is 48.4 Å². The van der Waals surface area contributed by atoms with E-state index in [-0.39, 0.29) is 55.9 Å². The lowest BCUT2D eigenvalue weighted by Crippen LogP contribution is -2.56. The van der Waals surface area contributed by atoms with Crippen LogP contribution in [0, 0.1) is 5.92 Å². The minimum Gasteiger partial charge on any atom is -0.374 e. The molecular formula is C27H42Cl2N6O4. The van der Waals surface area contributed by atoms with Crippen LogP contribution < -0.4 is 16.4 Å². The number of likely N-dealkylation sites (N-methyl/N-ethyl adjacent to an activating group) is 1. The second kappa shape index (κ2) is 15.8. The van der Waals surface area contributed by atoms with Crippen molar-refractivity contribution in [2.24, 2.45) is 11.7 Å². The Kier molecular flexibility index (Phi) is 13.9. The summed E-state index contributed by atoms with van der Waals surface area (Å²) in [5.74, 6) is -0.440. The van der Waals surface area contributed by atoms with Crippen LogP contribution in [0.4, 0.5) is 5.82 Å². The molecule has 0 saturated heterocycles. The Morgan fingerprint density at radius 2 is 1.77 bits per heavy atom. The van der Waals surface area contributed by atoms with Gasteiger partial charge < -0.3 is 30.6 Å². The van der Waals surface area contributed by atoms with Gasteiger partial charge in [-0.2, -0.15) is 0 Å². The molecule has 3 rings (SSSR count). The maximum atomic E-state index is 13.2. The predicted octanol–water partition coefficient (Wildman–Crippen LogP) is 3.31. The number of benzene rings is 1. The summed E-state index contributed by atoms with van der Waals surface area (Å²) >= 11 is 0. The molecule has 1 fully saturated rings. The average molecular weight is 586 g/mol. The molecule has 218 valence electrons. The predicted molar refractivity (Wildman–Crippen MR) is 156 cm³/mol. The van der Waals surface area contributed by atoms with Crippen LogP contribution in [0.15, 0.2) is 42.9 Å². The van der Waals surface area contributed by atoms with Gasteiger partial charge in [-0.3, -0.25) is 14.4 Å². The number of ether oxygens (including phenoxy) is 1. The van der Waals surface area contributed by atoms with E-state index in [1.165, 1.54) is 6.42 Å². The molecule has 1 unspecified atom stereocenters. The van der Waals surface area contributed by atoms with E-state index in [2.05, 4.69) is 15.6 Å². The lowest BCUT2D eigenvalue weighted by Gasteiger charge is -2.31. The van der Waals surface area contributed by atoms with Crippen molar-refractivity contribution in [3.63, 3.8) is 0 Å². The third-order valence-corrected chi connectivity index (χ3v) is 6.57. The fourth-order valence-corrected chi connectivity index (χ4v) is 4.45. The van der Waals surface area contributed by atoms with E-state index in [1.807, 2.05) is 30.3 Å². The van der Waals surface area contributed by atoms with Gasteiger partial charge in [-0.1, -0.05) is 49.6 Å². The Morgan fingerprint density at radius 1 is 1.13 bits per heavy atom. The number of carbonyl (C=O) groups is 3. The van der Waals surface area contributed by atoms with E-state index in [0.29, 0.717) is 5.82 Å². The van der Waals surface area contributed by atoms with Gasteiger partial charge in [0.25, 0.3) is 5.91 Å². The number of hydrogen-bond acceptors (Lipinski definition) is 6. The van der Waals surface area contributed by atoms with Gasteiger partial charge in [-0.15, -0.1) is 24.8 Å². The SMILES string of the molecule is CN(C)C(=O)C(C1CCCCC1)n1cnc(NC(=O)[C@@H](COCc2ccccc2)NC(=O)C(C)(C)N)c1.Cl.Cl. The molecule has 1 aliphatic rings. The molecule has 2 aromatic rings. The topological polar surface area (TPSA) is 132 Å². The zero-order valence-corrected chi connectivity index (χ0v) is 24.7. The standard InChI is InChI=1S/C27H40N6O4.2ClH/c1-27(2,28)26(36)30-21(17-37-16-19-11-7-5-8-12-19)24(34)31-22-15-33(18-29-22)23(25(35)32(3)4)20-13-9-6-10-14-20;;/h5,7-8,11-12,15,18,20-21,23H,6,9-10,13-14,16-17,28H2,1-4H3,(H,30,36)(H,31,34);2*1H/t21-,23?;;/m1../s1. The van der Waals surface area contributed by atoms with Crippen LogP contribution in [-0.4, -0.2) is 64.5 Å². The fourth-order valence-electron chi connectivity index (χ4n) is 4.45. The molecule has 1 aromatic carbocycles. The lowest BCUT2D eigenvalue weighted by atomic mass is 9.83. The Hall–Kier alpha value is -2.66. The fraction of sp³-hybridized carbons (Fsp3) is 0.556. The first-order valence-corrected chi connectivity index (χ1v) is 12.8. The third-order valence-electron chi connectivity index (χ3n) is 6.57. The number of imidazole rings is 1. The molecule has 12 heteroatoms. The summed E-state index contributed by atoms with van der Waals surface area (Å²) in [6.07, 6.45) is 8.60. The largest absolute Gasteiger partial charge is 0.374 e. The number of nitrogens with two attached hydrogens (primary N) is 1. The van der Waals surface area contributed by atoms with Crippen molar-refractivity contribution in [2.75, 3.05) is 26.0 Å². The molecule has 2 atom stereocenters. The first kappa shape index (κ1) is 34.4. The molecule has 1 heterocycles. The van der Waals surface area contributed by atoms with Crippen LogP contribution >= 0.6 is 24.8 Å². The molecule has 4 N–H and O–H groups in total. The number of hydrogen-bond donors (Lipinski definition) is 3. The van der Waals surface area contributed by atoms with Gasteiger partial charge >= 0.3 is 0 Å². The summed E-state index contributed by atoms with van der Waals surface area (Å²) in [4.78, 5) is 44.7. The average Bonchev–Trinajstić information content (AvgIpc) is 3.31. The Balaban J connectivity index is 0.00000380. The van der Waals surface area contributed by atoms with Crippen LogP contribution in [-0.2, 0) is 25.7 Å². The van der Waals surface area contributed by atoms with E-state index in [9.17, 15) is 14.4 Å². The Bertz CT molecular complexity index is 1050. The van der Waals surface area contributed by atoms with E-state index in [4.69, 9.17) is 10.5 Å². The molecular weight excluding hydrogens is 543 g/mol. The van der Waals surface area contributed by atoms with Crippen molar-refractivity contribution in [1.82, 2.24) is 19.8 Å². The zero-order chi connectivity index (χ0) is 27.0. The highest BCUT2D eigenvalue weighted by molar-refractivity contribution is 5.98. The van der Waals surface area contributed by atoms with E-state index in [0.717, 1.165) is 31.2 Å². The molecule has 0 aliphatic heterocycles. The van der Waals surface area contributed by atoms with Crippen LogP contribution in [0.2, 0.25) is 0 Å². The van der Waals surface area contributed by atoms with Crippen molar-refractivity contribution in [1.29, 1.82) is 0 Å². The van der Waals surface area contributed by atoms with Crippen LogP contribution in [0.1, 0.15) is 57.6 Å². The third kappa shape index (κ3) is 10.1. The molecule has 0 spiro atoms. The van der Waals surface area contributed by atoms with Gasteiger partial charge in [0.1, 0.15) is 12.1 Å². The Morgan fingerprint density at radius 3 is 2.36 bits per heavy atom. The number of amides is 3. The van der Waals surface area contributed by atoms with E-state index >= 15 is 0 Å². The van der Waals surface area contributed by atoms with Crippen LogP contribution in [0.3, 0.4) is 0 Å². The molecule has 39 heavy (non-hydrogen) atoms. The molecule has 1 aromatic heterocycles. The van der Waals surface area contributed by atoms with Crippen molar-refractivity contribution in [3.8, 4) is 0 Å². The maximum Gasteiger partial charge on any atom is 0.250 e. The number of halogens is 2. The normalized spacial score (nSPS) is 15.2. The van der Waals surface area contributed by atoms with Crippen molar-refractivity contribution in [2.45, 2.75) is 70.2 Å².